The van der Waals surface area contributed by atoms with Gasteiger partial charge in [-0.1, -0.05) is 11.3 Å². The number of ether oxygens (including phenoxy) is 1. The third kappa shape index (κ3) is 2.32. The predicted octanol–water partition coefficient (Wildman–Crippen LogP) is 0.442. The van der Waals surface area contributed by atoms with Crippen LogP contribution in [0.25, 0.3) is 4.96 Å². The van der Waals surface area contributed by atoms with Crippen LogP contribution in [0.4, 0.5) is 0 Å². The number of rotatable bonds is 3. The fourth-order valence-corrected chi connectivity index (χ4v) is 3.66. The number of hydrogen-bond acceptors (Lipinski definition) is 7. The van der Waals surface area contributed by atoms with Gasteiger partial charge in [0, 0.05) is 32.8 Å². The zero-order valence-corrected chi connectivity index (χ0v) is 12.1. The van der Waals surface area contributed by atoms with Crippen molar-refractivity contribution in [2.45, 2.75) is 25.5 Å². The fourth-order valence-electron chi connectivity index (χ4n) is 2.78. The van der Waals surface area contributed by atoms with E-state index in [-0.39, 0.29) is 6.10 Å². The molecule has 8 heteroatoms. The van der Waals surface area contributed by atoms with Gasteiger partial charge < -0.3 is 10.1 Å². The molecule has 2 aliphatic heterocycles. The van der Waals surface area contributed by atoms with Crippen molar-refractivity contribution in [2.24, 2.45) is 0 Å². The molecule has 0 aromatic carbocycles. The number of piperazine rings is 1. The van der Waals surface area contributed by atoms with Gasteiger partial charge in [-0.3, -0.25) is 4.90 Å². The average Bonchev–Trinajstić information content (AvgIpc) is 3.15. The maximum atomic E-state index is 5.69. The summed E-state index contributed by atoms with van der Waals surface area (Å²) in [7, 11) is 0. The Labute approximate surface area is 120 Å². The summed E-state index contributed by atoms with van der Waals surface area (Å²) < 4.78 is 7.56. The highest BCUT2D eigenvalue weighted by Crippen LogP contribution is 2.28. The van der Waals surface area contributed by atoms with Crippen molar-refractivity contribution in [3.05, 3.63) is 10.8 Å². The Morgan fingerprint density at radius 1 is 1.30 bits per heavy atom. The molecule has 2 aromatic heterocycles. The van der Waals surface area contributed by atoms with Crippen LogP contribution in [0.5, 0.6) is 0 Å². The van der Waals surface area contributed by atoms with Gasteiger partial charge in [0.15, 0.2) is 5.82 Å². The standard InChI is InChI=1S/C12H18N6OS/c1-2-9(19-7-1)11-14-15-12-18(11)16-10(20-12)8-17-5-3-13-4-6-17/h9,13H,1-8H2. The third-order valence-electron chi connectivity index (χ3n) is 3.84. The van der Waals surface area contributed by atoms with Gasteiger partial charge in [-0.15, -0.1) is 10.2 Å². The molecular weight excluding hydrogens is 276 g/mol. The summed E-state index contributed by atoms with van der Waals surface area (Å²) in [5.41, 5.74) is 0. The van der Waals surface area contributed by atoms with Crippen LogP contribution in [0, 0.1) is 0 Å². The Morgan fingerprint density at radius 3 is 3.00 bits per heavy atom. The van der Waals surface area contributed by atoms with Crippen molar-refractivity contribution in [1.82, 2.24) is 30.0 Å². The molecule has 7 nitrogen and oxygen atoms in total. The third-order valence-corrected chi connectivity index (χ3v) is 4.73. The van der Waals surface area contributed by atoms with Gasteiger partial charge >= 0.3 is 0 Å². The van der Waals surface area contributed by atoms with Crippen molar-refractivity contribution < 1.29 is 4.74 Å². The fraction of sp³-hybridized carbons (Fsp3) is 0.750. The molecule has 1 unspecified atom stereocenters. The summed E-state index contributed by atoms with van der Waals surface area (Å²) in [5.74, 6) is 0.861. The highest BCUT2D eigenvalue weighted by atomic mass is 32.1. The number of nitrogens with one attached hydrogen (secondary N) is 1. The number of aromatic nitrogens is 4. The van der Waals surface area contributed by atoms with E-state index in [4.69, 9.17) is 4.74 Å². The van der Waals surface area contributed by atoms with E-state index in [1.807, 2.05) is 4.52 Å². The van der Waals surface area contributed by atoms with Crippen LogP contribution in [0.15, 0.2) is 0 Å². The van der Waals surface area contributed by atoms with Gasteiger partial charge in [0.2, 0.25) is 4.96 Å². The quantitative estimate of drug-likeness (QED) is 0.886. The minimum Gasteiger partial charge on any atom is -0.370 e. The molecule has 2 fully saturated rings. The summed E-state index contributed by atoms with van der Waals surface area (Å²) in [6.07, 6.45) is 2.18. The minimum absolute atomic E-state index is 0.0686. The maximum Gasteiger partial charge on any atom is 0.234 e. The van der Waals surface area contributed by atoms with Gasteiger partial charge in [-0.05, 0) is 12.8 Å². The topological polar surface area (TPSA) is 67.6 Å². The monoisotopic (exact) mass is 294 g/mol. The Hall–Kier alpha value is -1.09. The molecule has 20 heavy (non-hydrogen) atoms. The van der Waals surface area contributed by atoms with Crippen molar-refractivity contribution in [1.29, 1.82) is 0 Å². The van der Waals surface area contributed by atoms with Crippen LogP contribution < -0.4 is 5.32 Å². The van der Waals surface area contributed by atoms with Crippen LogP contribution in [0.1, 0.15) is 29.8 Å². The smallest absolute Gasteiger partial charge is 0.234 e. The molecule has 4 rings (SSSR count). The van der Waals surface area contributed by atoms with Crippen LogP contribution >= 0.6 is 11.3 Å². The summed E-state index contributed by atoms with van der Waals surface area (Å²) >= 11 is 1.63. The first-order chi connectivity index (χ1) is 9.90. The van der Waals surface area contributed by atoms with Crippen molar-refractivity contribution in [3.63, 3.8) is 0 Å². The van der Waals surface area contributed by atoms with Crippen molar-refractivity contribution in [3.8, 4) is 0 Å². The van der Waals surface area contributed by atoms with E-state index < -0.39 is 0 Å². The molecule has 108 valence electrons. The van der Waals surface area contributed by atoms with E-state index in [9.17, 15) is 0 Å². The van der Waals surface area contributed by atoms with Gasteiger partial charge in [0.05, 0.1) is 6.54 Å². The van der Waals surface area contributed by atoms with Crippen LogP contribution in [-0.2, 0) is 11.3 Å². The molecule has 0 spiro atoms. The first kappa shape index (κ1) is 12.6. The Bertz CT molecular complexity index is 584. The van der Waals surface area contributed by atoms with E-state index in [2.05, 4.69) is 25.5 Å². The number of nitrogens with zero attached hydrogens (tertiary/aromatic N) is 5. The Balaban J connectivity index is 1.55. The SMILES string of the molecule is C1COC(c2nnc3sc(CN4CCNCC4)nn23)C1. The zero-order valence-electron chi connectivity index (χ0n) is 11.3. The summed E-state index contributed by atoms with van der Waals surface area (Å²) in [6.45, 7) is 6.01. The van der Waals surface area contributed by atoms with E-state index in [1.54, 1.807) is 11.3 Å². The summed E-state index contributed by atoms with van der Waals surface area (Å²) in [5, 5.41) is 17.6. The second-order valence-corrected chi connectivity index (χ2v) is 6.32. The molecule has 0 radical (unpaired) electrons. The number of fused-ring (bicyclic) bond motifs is 1. The molecule has 2 aromatic rings. The Morgan fingerprint density at radius 2 is 2.20 bits per heavy atom. The van der Waals surface area contributed by atoms with E-state index >= 15 is 0 Å². The van der Waals surface area contributed by atoms with Crippen molar-refractivity contribution >= 4 is 16.3 Å². The van der Waals surface area contributed by atoms with Crippen LogP contribution in [-0.4, -0.2) is 57.5 Å². The molecule has 1 atom stereocenters. The van der Waals surface area contributed by atoms with Crippen LogP contribution in [0.2, 0.25) is 0 Å². The van der Waals surface area contributed by atoms with E-state index in [0.29, 0.717) is 0 Å². The lowest BCUT2D eigenvalue weighted by Crippen LogP contribution is -2.42. The molecule has 1 N–H and O–H groups in total. The Kier molecular flexibility index (Phi) is 3.39. The number of hydrogen-bond donors (Lipinski definition) is 1. The van der Waals surface area contributed by atoms with Gasteiger partial charge in [-0.2, -0.15) is 9.61 Å². The second-order valence-electron chi connectivity index (χ2n) is 5.28. The highest BCUT2D eigenvalue weighted by Gasteiger charge is 2.25. The highest BCUT2D eigenvalue weighted by molar-refractivity contribution is 7.16. The normalized spacial score (nSPS) is 24.7. The largest absolute Gasteiger partial charge is 0.370 e. The second kappa shape index (κ2) is 5.36. The van der Waals surface area contributed by atoms with Gasteiger partial charge in [-0.25, -0.2) is 0 Å². The lowest BCUT2D eigenvalue weighted by molar-refractivity contribution is 0.103. The molecule has 2 aliphatic rings. The zero-order chi connectivity index (χ0) is 13.4. The molecule has 0 saturated carbocycles. The summed E-state index contributed by atoms with van der Waals surface area (Å²) in [6, 6.07) is 0. The first-order valence-electron chi connectivity index (χ1n) is 7.16. The predicted molar refractivity (Wildman–Crippen MR) is 74.7 cm³/mol. The van der Waals surface area contributed by atoms with E-state index in [0.717, 1.165) is 68.0 Å². The molecule has 0 aliphatic carbocycles. The molecule has 2 saturated heterocycles. The van der Waals surface area contributed by atoms with Gasteiger partial charge in [0.25, 0.3) is 0 Å². The summed E-state index contributed by atoms with van der Waals surface area (Å²) in [4.78, 5) is 3.30. The maximum absolute atomic E-state index is 5.69. The average molecular weight is 294 g/mol. The molecular formula is C12H18N6OS. The lowest BCUT2D eigenvalue weighted by atomic mass is 10.2. The molecule has 0 amide bonds. The van der Waals surface area contributed by atoms with Crippen LogP contribution in [0.3, 0.4) is 0 Å². The van der Waals surface area contributed by atoms with Crippen molar-refractivity contribution in [2.75, 3.05) is 32.8 Å². The van der Waals surface area contributed by atoms with Gasteiger partial charge in [0.1, 0.15) is 11.1 Å². The molecule has 0 bridgehead atoms. The lowest BCUT2D eigenvalue weighted by Gasteiger charge is -2.25. The minimum atomic E-state index is 0.0686. The van der Waals surface area contributed by atoms with E-state index in [1.165, 1.54) is 0 Å². The first-order valence-corrected chi connectivity index (χ1v) is 7.97. The molecule has 4 heterocycles.